The number of hydrogen-bond donors (Lipinski definition) is 0. The van der Waals surface area contributed by atoms with Crippen molar-refractivity contribution in [1.82, 2.24) is 9.80 Å². The number of imide groups is 1. The monoisotopic (exact) mass is 406 g/mol. The van der Waals surface area contributed by atoms with Crippen LogP contribution in [0.3, 0.4) is 0 Å². The average Bonchev–Trinajstić information content (AvgIpc) is 2.92. The summed E-state index contributed by atoms with van der Waals surface area (Å²) in [4.78, 5) is 29.2. The van der Waals surface area contributed by atoms with E-state index in [1.807, 2.05) is 68.4 Å². The zero-order chi connectivity index (χ0) is 22.1. The molecule has 158 valence electrons. The smallest absolute Gasteiger partial charge is 0.417 e. The SMILES string of the molecule is C[C@@H]1/C(=C/N(C)C)C(=O)N(C(=O)OC(C)(C)C)C1c1ccc(-c2ccccc2)cc1. The van der Waals surface area contributed by atoms with Gasteiger partial charge in [0.15, 0.2) is 0 Å². The van der Waals surface area contributed by atoms with Gasteiger partial charge >= 0.3 is 6.09 Å². The second-order valence-corrected chi connectivity index (χ2v) is 8.93. The van der Waals surface area contributed by atoms with Crippen molar-refractivity contribution in [3.8, 4) is 11.1 Å². The minimum absolute atomic E-state index is 0.157. The molecule has 2 aromatic carbocycles. The maximum absolute atomic E-state index is 13.2. The Morgan fingerprint density at radius 1 is 1.00 bits per heavy atom. The molecule has 3 rings (SSSR count). The molecule has 0 aromatic heterocycles. The Morgan fingerprint density at radius 2 is 1.57 bits per heavy atom. The standard InChI is InChI=1S/C25H30N2O3/c1-17-21(16-26(5)6)23(28)27(24(29)30-25(2,3)4)22(17)20-14-12-19(13-15-20)18-10-8-7-9-11-18/h7-17,22H,1-6H3/b21-16-/t17-,22?/m1/s1. The molecular formula is C25H30N2O3. The van der Waals surface area contributed by atoms with Crippen molar-refractivity contribution in [3.05, 3.63) is 71.9 Å². The average molecular weight is 407 g/mol. The second kappa shape index (κ2) is 8.34. The summed E-state index contributed by atoms with van der Waals surface area (Å²) in [7, 11) is 3.74. The summed E-state index contributed by atoms with van der Waals surface area (Å²) >= 11 is 0. The molecule has 0 saturated carbocycles. The normalized spacial score (nSPS) is 20.5. The molecule has 0 spiro atoms. The fourth-order valence-corrected chi connectivity index (χ4v) is 3.75. The number of hydrogen-bond acceptors (Lipinski definition) is 4. The third kappa shape index (κ3) is 4.56. The topological polar surface area (TPSA) is 49.9 Å². The molecule has 1 saturated heterocycles. The van der Waals surface area contributed by atoms with Crippen molar-refractivity contribution in [3.63, 3.8) is 0 Å². The quantitative estimate of drug-likeness (QED) is 0.653. The third-order valence-electron chi connectivity index (χ3n) is 5.05. The van der Waals surface area contributed by atoms with Crippen molar-refractivity contribution >= 4 is 12.0 Å². The number of carbonyl (C=O) groups is 2. The molecule has 0 bridgehead atoms. The van der Waals surface area contributed by atoms with E-state index in [9.17, 15) is 9.59 Å². The molecule has 1 unspecified atom stereocenters. The lowest BCUT2D eigenvalue weighted by Crippen LogP contribution is -2.39. The molecular weight excluding hydrogens is 376 g/mol. The Bertz CT molecular complexity index is 941. The molecule has 0 radical (unpaired) electrons. The zero-order valence-electron chi connectivity index (χ0n) is 18.5. The van der Waals surface area contributed by atoms with E-state index in [1.54, 1.807) is 27.0 Å². The van der Waals surface area contributed by atoms with Crippen LogP contribution in [-0.2, 0) is 9.53 Å². The minimum atomic E-state index is -0.684. The molecule has 2 aromatic rings. The highest BCUT2D eigenvalue weighted by Crippen LogP contribution is 2.42. The van der Waals surface area contributed by atoms with Crippen LogP contribution in [0.2, 0.25) is 0 Å². The van der Waals surface area contributed by atoms with Crippen molar-refractivity contribution in [2.24, 2.45) is 5.92 Å². The van der Waals surface area contributed by atoms with Crippen molar-refractivity contribution < 1.29 is 14.3 Å². The summed E-state index contributed by atoms with van der Waals surface area (Å²) in [5.41, 5.74) is 3.03. The lowest BCUT2D eigenvalue weighted by atomic mass is 9.91. The third-order valence-corrected chi connectivity index (χ3v) is 5.05. The van der Waals surface area contributed by atoms with Gasteiger partial charge in [0.05, 0.1) is 6.04 Å². The van der Waals surface area contributed by atoms with Gasteiger partial charge in [-0.2, -0.15) is 0 Å². The Balaban J connectivity index is 2.00. The van der Waals surface area contributed by atoms with Gasteiger partial charge in [-0.15, -0.1) is 0 Å². The molecule has 2 amide bonds. The number of ether oxygens (including phenoxy) is 1. The summed E-state index contributed by atoms with van der Waals surface area (Å²) < 4.78 is 5.56. The van der Waals surface area contributed by atoms with E-state index < -0.39 is 17.7 Å². The molecule has 5 heteroatoms. The summed E-state index contributed by atoms with van der Waals surface area (Å²) in [6.07, 6.45) is 1.18. The van der Waals surface area contributed by atoms with Gasteiger partial charge in [-0.1, -0.05) is 61.5 Å². The van der Waals surface area contributed by atoms with Crippen molar-refractivity contribution in [2.45, 2.75) is 39.3 Å². The molecule has 1 heterocycles. The molecule has 1 fully saturated rings. The molecule has 1 aliphatic heterocycles. The molecule has 1 aliphatic rings. The summed E-state index contributed by atoms with van der Waals surface area (Å²) in [6.45, 7) is 7.38. The summed E-state index contributed by atoms with van der Waals surface area (Å²) in [5.74, 6) is -0.461. The van der Waals surface area contributed by atoms with E-state index >= 15 is 0 Å². The van der Waals surface area contributed by atoms with E-state index in [0.717, 1.165) is 16.7 Å². The van der Waals surface area contributed by atoms with Gasteiger partial charge in [-0.3, -0.25) is 4.79 Å². The first-order valence-electron chi connectivity index (χ1n) is 10.2. The van der Waals surface area contributed by atoms with Crippen LogP contribution in [0.25, 0.3) is 11.1 Å². The lowest BCUT2D eigenvalue weighted by Gasteiger charge is -2.28. The molecule has 30 heavy (non-hydrogen) atoms. The largest absolute Gasteiger partial charge is 0.443 e. The molecule has 0 N–H and O–H groups in total. The molecule has 2 atom stereocenters. The van der Waals surface area contributed by atoms with Gasteiger partial charge in [-0.05, 0) is 37.5 Å². The second-order valence-electron chi connectivity index (χ2n) is 8.93. The van der Waals surface area contributed by atoms with Crippen LogP contribution in [0.1, 0.15) is 39.3 Å². The maximum atomic E-state index is 13.2. The van der Waals surface area contributed by atoms with E-state index in [1.165, 1.54) is 4.90 Å². The van der Waals surface area contributed by atoms with Crippen LogP contribution in [-0.4, -0.2) is 41.5 Å². The maximum Gasteiger partial charge on any atom is 0.417 e. The van der Waals surface area contributed by atoms with Crippen LogP contribution < -0.4 is 0 Å². The number of benzene rings is 2. The van der Waals surface area contributed by atoms with Gasteiger partial charge in [-0.25, -0.2) is 9.69 Å². The molecule has 0 aliphatic carbocycles. The van der Waals surface area contributed by atoms with E-state index in [-0.39, 0.29) is 11.8 Å². The first-order valence-corrected chi connectivity index (χ1v) is 10.2. The fraction of sp³-hybridized carbons (Fsp3) is 0.360. The van der Waals surface area contributed by atoms with E-state index in [2.05, 4.69) is 12.1 Å². The first-order chi connectivity index (χ1) is 14.1. The zero-order valence-corrected chi connectivity index (χ0v) is 18.5. The molecule has 5 nitrogen and oxygen atoms in total. The number of carbonyl (C=O) groups excluding carboxylic acids is 2. The van der Waals surface area contributed by atoms with Gasteiger partial charge in [0.1, 0.15) is 5.60 Å². The minimum Gasteiger partial charge on any atom is -0.443 e. The number of nitrogens with zero attached hydrogens (tertiary/aromatic N) is 2. The van der Waals surface area contributed by atoms with Crippen LogP contribution in [0.15, 0.2) is 66.4 Å². The summed E-state index contributed by atoms with van der Waals surface area (Å²) in [6, 6.07) is 17.7. The highest BCUT2D eigenvalue weighted by Gasteiger charge is 2.47. The van der Waals surface area contributed by atoms with E-state index in [4.69, 9.17) is 4.74 Å². The lowest BCUT2D eigenvalue weighted by molar-refractivity contribution is -0.125. The first kappa shape index (κ1) is 21.6. The van der Waals surface area contributed by atoms with Crippen molar-refractivity contribution in [2.75, 3.05) is 14.1 Å². The van der Waals surface area contributed by atoms with Crippen LogP contribution in [0, 0.1) is 5.92 Å². The Hall–Kier alpha value is -3.08. The number of amides is 2. The van der Waals surface area contributed by atoms with Crippen LogP contribution in [0.4, 0.5) is 4.79 Å². The van der Waals surface area contributed by atoms with Gasteiger partial charge < -0.3 is 9.64 Å². The van der Waals surface area contributed by atoms with E-state index in [0.29, 0.717) is 5.57 Å². The van der Waals surface area contributed by atoms with Gasteiger partial charge in [0.2, 0.25) is 0 Å². The predicted octanol–water partition coefficient (Wildman–Crippen LogP) is 5.25. The van der Waals surface area contributed by atoms with Crippen LogP contribution >= 0.6 is 0 Å². The fourth-order valence-electron chi connectivity index (χ4n) is 3.75. The van der Waals surface area contributed by atoms with Gasteiger partial charge in [0.25, 0.3) is 5.91 Å². The Labute approximate surface area is 178 Å². The number of likely N-dealkylation sites (tertiary alicyclic amines) is 1. The Morgan fingerprint density at radius 3 is 2.10 bits per heavy atom. The van der Waals surface area contributed by atoms with Gasteiger partial charge in [0, 0.05) is 31.8 Å². The summed E-state index contributed by atoms with van der Waals surface area (Å²) in [5, 5.41) is 0. The Kier molecular flexibility index (Phi) is 6.01. The highest BCUT2D eigenvalue weighted by atomic mass is 16.6. The van der Waals surface area contributed by atoms with Crippen LogP contribution in [0.5, 0.6) is 0 Å². The van der Waals surface area contributed by atoms with Crippen molar-refractivity contribution in [1.29, 1.82) is 0 Å². The predicted molar refractivity (Wildman–Crippen MR) is 119 cm³/mol. The number of rotatable bonds is 3. The highest BCUT2D eigenvalue weighted by molar-refractivity contribution is 6.05.